The lowest BCUT2D eigenvalue weighted by atomic mass is 9.33. The van der Waals surface area contributed by atoms with Gasteiger partial charge in [-0.3, -0.25) is 4.79 Å². The van der Waals surface area contributed by atoms with Crippen LogP contribution in [0.3, 0.4) is 0 Å². The summed E-state index contributed by atoms with van der Waals surface area (Å²) in [5.41, 5.74) is -0.509. The molecule has 0 unspecified atom stereocenters. The number of Topliss-reactive ketones (excluding diaryl/α,β-unsaturated/α-hetero) is 1. The van der Waals surface area contributed by atoms with E-state index in [9.17, 15) is 60.7 Å². The lowest BCUT2D eigenvalue weighted by Crippen LogP contribution is -2.68. The maximum absolute atomic E-state index is 13.8. The topological polar surface area (TPSA) is 292 Å². The highest BCUT2D eigenvalue weighted by atomic mass is 16.8. The van der Waals surface area contributed by atoms with Gasteiger partial charge in [0.2, 0.25) is 0 Å². The number of ether oxygens (including phenoxy) is 6. The smallest absolute Gasteiger partial charge is 0.335 e. The van der Waals surface area contributed by atoms with Crippen LogP contribution in [0.5, 0.6) is 0 Å². The molecule has 0 aromatic rings. The van der Waals surface area contributed by atoms with Crippen LogP contribution in [0.4, 0.5) is 0 Å². The molecule has 0 amide bonds. The van der Waals surface area contributed by atoms with Gasteiger partial charge >= 0.3 is 5.97 Å². The number of carboxylic acids is 1. The molecule has 0 spiro atoms. The Hall–Kier alpha value is -1.72. The first-order valence-electron chi connectivity index (χ1n) is 24.1. The second kappa shape index (κ2) is 17.5. The first-order valence-corrected chi connectivity index (χ1v) is 24.1. The highest BCUT2D eigenvalue weighted by Crippen LogP contribution is 2.75. The molecule has 0 bridgehead atoms. The molecule has 8 rings (SSSR count). The summed E-state index contributed by atoms with van der Waals surface area (Å²) in [5, 5.41) is 108. The number of hydrogen-bond donors (Lipinski definition) is 10. The van der Waals surface area contributed by atoms with Gasteiger partial charge in [-0.2, -0.15) is 0 Å². The minimum Gasteiger partial charge on any atom is -0.479 e. The van der Waals surface area contributed by atoms with Crippen molar-refractivity contribution in [3.8, 4) is 0 Å². The van der Waals surface area contributed by atoms with Gasteiger partial charge in [-0.05, 0) is 97.7 Å². The van der Waals surface area contributed by atoms with E-state index in [1.807, 2.05) is 6.92 Å². The lowest BCUT2D eigenvalue weighted by Gasteiger charge is -2.71. The van der Waals surface area contributed by atoms with Crippen molar-refractivity contribution in [1.29, 1.82) is 0 Å². The van der Waals surface area contributed by atoms with Crippen molar-refractivity contribution in [3.05, 3.63) is 11.6 Å². The molecule has 3 saturated heterocycles. The summed E-state index contributed by atoms with van der Waals surface area (Å²) >= 11 is 0. The van der Waals surface area contributed by atoms with Gasteiger partial charge in [0.05, 0.1) is 25.4 Å². The van der Waals surface area contributed by atoms with Crippen molar-refractivity contribution in [3.63, 3.8) is 0 Å². The molecule has 18 heteroatoms. The Kier molecular flexibility index (Phi) is 13.5. The highest BCUT2D eigenvalue weighted by molar-refractivity contribution is 5.87. The van der Waals surface area contributed by atoms with Crippen molar-refractivity contribution in [2.45, 2.75) is 211 Å². The Balaban J connectivity index is 1.08. The number of allylic oxidation sites excluding steroid dienone is 2. The van der Waals surface area contributed by atoms with Gasteiger partial charge < -0.3 is 79.5 Å². The quantitative estimate of drug-likeness (QED) is 0.114. The Labute approximate surface area is 386 Å². The minimum absolute atomic E-state index is 0.0830. The molecule has 5 aliphatic carbocycles. The van der Waals surface area contributed by atoms with Crippen LogP contribution in [0.1, 0.15) is 113 Å². The zero-order valence-electron chi connectivity index (χ0n) is 39.6. The second-order valence-electron chi connectivity index (χ2n) is 23.4. The number of rotatable bonds is 9. The number of ketones is 1. The van der Waals surface area contributed by atoms with Crippen LogP contribution in [0.15, 0.2) is 11.6 Å². The van der Waals surface area contributed by atoms with E-state index in [1.165, 1.54) is 12.5 Å². The normalized spacial score (nSPS) is 54.8. The van der Waals surface area contributed by atoms with Crippen LogP contribution in [0, 0.1) is 50.2 Å². The summed E-state index contributed by atoms with van der Waals surface area (Å²) in [6, 6.07) is 0. The Morgan fingerprint density at radius 1 is 0.712 bits per heavy atom. The van der Waals surface area contributed by atoms with Crippen molar-refractivity contribution in [2.75, 3.05) is 13.2 Å². The average Bonchev–Trinajstić information content (AvgIpc) is 3.25. The average molecular weight is 941 g/mol. The number of carboxylic acid groups (broad SMARTS) is 1. The maximum atomic E-state index is 13.8. The van der Waals surface area contributed by atoms with Crippen molar-refractivity contribution >= 4 is 11.8 Å². The van der Waals surface area contributed by atoms with Crippen LogP contribution in [0.25, 0.3) is 0 Å². The molecule has 0 aromatic carbocycles. The van der Waals surface area contributed by atoms with Crippen LogP contribution < -0.4 is 0 Å². The largest absolute Gasteiger partial charge is 0.479 e. The molecule has 4 saturated carbocycles. The predicted octanol–water partition coefficient (Wildman–Crippen LogP) is 0.913. The number of aliphatic hydroxyl groups is 9. The molecule has 376 valence electrons. The third-order valence-corrected chi connectivity index (χ3v) is 19.2. The molecule has 66 heavy (non-hydrogen) atoms. The Morgan fingerprint density at radius 3 is 1.98 bits per heavy atom. The number of aliphatic carboxylic acids is 1. The maximum Gasteiger partial charge on any atom is 0.335 e. The van der Waals surface area contributed by atoms with Gasteiger partial charge in [0.15, 0.2) is 25.0 Å². The Morgan fingerprint density at radius 2 is 1.35 bits per heavy atom. The van der Waals surface area contributed by atoms with Crippen molar-refractivity contribution < 1.29 is 89.1 Å². The van der Waals surface area contributed by atoms with Gasteiger partial charge in [-0.15, -0.1) is 0 Å². The lowest BCUT2D eigenvalue weighted by molar-refractivity contribution is -0.396. The van der Waals surface area contributed by atoms with Crippen LogP contribution in [0.2, 0.25) is 0 Å². The number of aliphatic hydroxyl groups excluding tert-OH is 9. The zero-order chi connectivity index (χ0) is 48.4. The fraction of sp³-hybridized carbons (Fsp3) is 0.917. The van der Waals surface area contributed by atoms with Crippen LogP contribution >= 0.6 is 0 Å². The first kappa shape index (κ1) is 50.7. The van der Waals surface area contributed by atoms with Crippen LogP contribution in [-0.4, -0.2) is 174 Å². The minimum atomic E-state index is -2.07. The molecule has 18 nitrogen and oxygen atoms in total. The van der Waals surface area contributed by atoms with Gasteiger partial charge in [-0.25, -0.2) is 4.79 Å². The molecule has 3 aliphatic heterocycles. The van der Waals surface area contributed by atoms with Crippen LogP contribution in [-0.2, 0) is 38.0 Å². The molecule has 0 radical (unpaired) electrons. The summed E-state index contributed by atoms with van der Waals surface area (Å²) in [4.78, 5) is 26.3. The number of carbonyl (C=O) groups is 2. The third-order valence-electron chi connectivity index (χ3n) is 19.2. The number of carbonyl (C=O) groups excluding carboxylic acids is 1. The Bertz CT molecular complexity index is 1860. The predicted molar refractivity (Wildman–Crippen MR) is 230 cm³/mol. The monoisotopic (exact) mass is 941 g/mol. The summed E-state index contributed by atoms with van der Waals surface area (Å²) < 4.78 is 36.2. The van der Waals surface area contributed by atoms with Gasteiger partial charge in [0.1, 0.15) is 66.8 Å². The van der Waals surface area contributed by atoms with E-state index in [4.69, 9.17) is 28.4 Å². The molecule has 10 N–H and O–H groups in total. The SMILES string of the molecule is C[C@@H]1O[C@@H](O[C@H]2[C@H](O[C@H]3[C@H](O[C@H]4CC[C@@]5(C)[C@@H](CC[C@]6(C)[C@@H]5CC=C5[C@@H]7CC(C)(C)CC(=O)[C@]7(C)CC[C@]56C)[C@@]4(C)CO)O[C@H](C(=O)O)[C@@H](O)[C@@H]3O)O[C@H](CO)[C@H](O)[C@@H]2O)[C@H](O)[C@H](O)[C@H]1O. The number of fused-ring (bicyclic) bond motifs is 7. The van der Waals surface area contributed by atoms with E-state index in [-0.39, 0.29) is 51.4 Å². The fourth-order valence-electron chi connectivity index (χ4n) is 14.9. The molecule has 0 aromatic heterocycles. The summed E-state index contributed by atoms with van der Waals surface area (Å²) in [7, 11) is 0. The third kappa shape index (κ3) is 7.70. The fourth-order valence-corrected chi connectivity index (χ4v) is 14.9. The molecule has 3 heterocycles. The van der Waals surface area contributed by atoms with Crippen molar-refractivity contribution in [1.82, 2.24) is 0 Å². The van der Waals surface area contributed by atoms with E-state index >= 15 is 0 Å². The van der Waals surface area contributed by atoms with E-state index in [0.29, 0.717) is 25.0 Å². The molecule has 24 atom stereocenters. The zero-order valence-corrected chi connectivity index (χ0v) is 39.6. The van der Waals surface area contributed by atoms with Crippen molar-refractivity contribution in [2.24, 2.45) is 50.2 Å². The molecule has 7 fully saturated rings. The van der Waals surface area contributed by atoms with E-state index in [0.717, 1.165) is 38.5 Å². The molecular weight excluding hydrogens is 865 g/mol. The standard InChI is InChI=1S/C48H76O18/c1-21-29(52)31(54)35(58)40(61-21)65-37-32(55)30(53)24(19-49)62-41(37)66-38-34(57)33(56)36(39(59)60)64-42(38)63-28-12-13-45(5)25(46(28,6)20-50)11-14-48(8)26(45)10-9-22-23-17-43(2,3)18-27(51)44(23,4)15-16-47(22,48)7/h9,21,23-26,28-38,40-42,49-50,52-58H,10-20H2,1-8H3,(H,59,60)/t21-,23-,24+,25+,26+,28-,29-,30-,31+,32-,33-,34-,35+,36-,37+,38+,40-,41-,42+,44+,45-,46+,47+,48+/m0/s1. The summed E-state index contributed by atoms with van der Waals surface area (Å²) in [5.74, 6) is -0.928. The van der Waals surface area contributed by atoms with E-state index in [1.54, 1.807) is 0 Å². The van der Waals surface area contributed by atoms with Gasteiger partial charge in [0, 0.05) is 17.3 Å². The van der Waals surface area contributed by atoms with E-state index in [2.05, 4.69) is 47.6 Å². The second-order valence-corrected chi connectivity index (χ2v) is 23.4. The molecular formula is C48H76O18. The highest BCUT2D eigenvalue weighted by Gasteiger charge is 2.70. The summed E-state index contributed by atoms with van der Waals surface area (Å²) in [6.07, 6.45) is -17.8. The number of hydrogen-bond acceptors (Lipinski definition) is 17. The van der Waals surface area contributed by atoms with Gasteiger partial charge in [0.25, 0.3) is 0 Å². The summed E-state index contributed by atoms with van der Waals surface area (Å²) in [6.45, 7) is 16.0. The van der Waals surface area contributed by atoms with Gasteiger partial charge in [-0.1, -0.05) is 60.1 Å². The first-order chi connectivity index (χ1) is 30.7. The van der Waals surface area contributed by atoms with E-state index < -0.39 is 116 Å². The molecule has 8 aliphatic rings.